The van der Waals surface area contributed by atoms with Crippen LogP contribution in [0.3, 0.4) is 0 Å². The van der Waals surface area contributed by atoms with E-state index >= 15 is 0 Å². The summed E-state index contributed by atoms with van der Waals surface area (Å²) in [6.07, 6.45) is 1.62. The van der Waals surface area contributed by atoms with Gasteiger partial charge in [-0.2, -0.15) is 0 Å². The highest BCUT2D eigenvalue weighted by molar-refractivity contribution is 5.68. The molecule has 0 aliphatic heterocycles. The number of benzene rings is 2. The quantitative estimate of drug-likeness (QED) is 0.575. The van der Waals surface area contributed by atoms with Crippen molar-refractivity contribution < 1.29 is 9.52 Å². The average Bonchev–Trinajstić information content (AvgIpc) is 3.19. The van der Waals surface area contributed by atoms with Crippen molar-refractivity contribution in [1.82, 2.24) is 20.2 Å². The van der Waals surface area contributed by atoms with Gasteiger partial charge in [-0.15, -0.1) is 10.2 Å². The molecule has 0 bridgehead atoms. The van der Waals surface area contributed by atoms with Gasteiger partial charge >= 0.3 is 0 Å². The Morgan fingerprint density at radius 2 is 1.59 bits per heavy atom. The Hall–Kier alpha value is -3.58. The van der Waals surface area contributed by atoms with E-state index in [1.54, 1.807) is 30.5 Å². The second-order valence-electron chi connectivity index (χ2n) is 6.12. The van der Waals surface area contributed by atoms with Crippen molar-refractivity contribution in [2.45, 2.75) is 13.5 Å². The summed E-state index contributed by atoms with van der Waals surface area (Å²) in [4.78, 5) is 8.78. The van der Waals surface area contributed by atoms with Crippen molar-refractivity contribution in [3.8, 4) is 34.3 Å². The summed E-state index contributed by atoms with van der Waals surface area (Å²) < 4.78 is 5.75. The van der Waals surface area contributed by atoms with Gasteiger partial charge in [0.05, 0.1) is 18.5 Å². The summed E-state index contributed by atoms with van der Waals surface area (Å²) in [6.45, 7) is 2.00. The van der Waals surface area contributed by atoms with Gasteiger partial charge in [0.15, 0.2) is 11.5 Å². The van der Waals surface area contributed by atoms with Crippen LogP contribution >= 0.6 is 0 Å². The molecular formula is C20H17N5O2. The van der Waals surface area contributed by atoms with E-state index in [2.05, 4.69) is 20.2 Å². The molecule has 0 aliphatic rings. The number of nitrogen functional groups attached to an aromatic ring is 1. The summed E-state index contributed by atoms with van der Waals surface area (Å²) in [5.41, 5.74) is 10.6. The number of nitrogens with two attached hydrogens (primary N) is 1. The standard InChI is InChI=1S/C20H17N5O2/c1-12-2-6-14(7-3-12)16-10-22-18(21)17(23-16)20-25-24-19(27-20)15-8-4-13(11-26)5-9-15/h2-10,26H,11H2,1H3,(H2,21,22). The lowest BCUT2D eigenvalue weighted by atomic mass is 10.1. The van der Waals surface area contributed by atoms with Crippen molar-refractivity contribution >= 4 is 5.82 Å². The number of anilines is 1. The highest BCUT2D eigenvalue weighted by Crippen LogP contribution is 2.28. The number of hydrogen-bond acceptors (Lipinski definition) is 7. The van der Waals surface area contributed by atoms with Crippen LogP contribution in [0, 0.1) is 6.92 Å². The fourth-order valence-electron chi connectivity index (χ4n) is 2.61. The minimum atomic E-state index is -0.0205. The van der Waals surface area contributed by atoms with Crippen LogP contribution in [-0.4, -0.2) is 25.3 Å². The van der Waals surface area contributed by atoms with E-state index < -0.39 is 0 Å². The molecule has 0 aliphatic carbocycles. The molecule has 0 radical (unpaired) electrons. The summed E-state index contributed by atoms with van der Waals surface area (Å²) in [5.74, 6) is 0.767. The van der Waals surface area contributed by atoms with Gasteiger partial charge in [-0.05, 0) is 24.6 Å². The van der Waals surface area contributed by atoms with Crippen molar-refractivity contribution in [3.05, 3.63) is 65.9 Å². The Balaban J connectivity index is 1.70. The van der Waals surface area contributed by atoms with Crippen LogP contribution < -0.4 is 5.73 Å². The first-order valence-corrected chi connectivity index (χ1v) is 8.37. The van der Waals surface area contributed by atoms with Crippen LogP contribution in [0.2, 0.25) is 0 Å². The maximum atomic E-state index is 9.14. The molecule has 27 heavy (non-hydrogen) atoms. The molecule has 0 unspecified atom stereocenters. The number of hydrogen-bond donors (Lipinski definition) is 2. The van der Waals surface area contributed by atoms with E-state index in [1.807, 2.05) is 31.2 Å². The van der Waals surface area contributed by atoms with E-state index in [4.69, 9.17) is 15.3 Å². The maximum Gasteiger partial charge on any atom is 0.270 e. The Kier molecular flexibility index (Phi) is 4.35. The Morgan fingerprint density at radius 1 is 0.926 bits per heavy atom. The smallest absolute Gasteiger partial charge is 0.270 e. The molecule has 0 spiro atoms. The van der Waals surface area contributed by atoms with Crippen molar-refractivity contribution in [1.29, 1.82) is 0 Å². The van der Waals surface area contributed by atoms with Gasteiger partial charge < -0.3 is 15.3 Å². The zero-order valence-corrected chi connectivity index (χ0v) is 14.6. The van der Waals surface area contributed by atoms with Gasteiger partial charge in [0, 0.05) is 11.1 Å². The van der Waals surface area contributed by atoms with Crippen LogP contribution in [0.1, 0.15) is 11.1 Å². The number of aromatic nitrogens is 4. The largest absolute Gasteiger partial charge is 0.414 e. The van der Waals surface area contributed by atoms with E-state index in [-0.39, 0.29) is 18.3 Å². The molecular weight excluding hydrogens is 342 g/mol. The van der Waals surface area contributed by atoms with Gasteiger partial charge in [0.25, 0.3) is 5.89 Å². The van der Waals surface area contributed by atoms with E-state index in [9.17, 15) is 0 Å². The first kappa shape index (κ1) is 16.9. The van der Waals surface area contributed by atoms with Gasteiger partial charge in [0.2, 0.25) is 5.89 Å². The third-order valence-corrected chi connectivity index (χ3v) is 4.16. The Morgan fingerprint density at radius 3 is 2.30 bits per heavy atom. The molecule has 4 rings (SSSR count). The number of rotatable bonds is 4. The number of aryl methyl sites for hydroxylation is 1. The van der Waals surface area contributed by atoms with Gasteiger partial charge in [0.1, 0.15) is 0 Å². The maximum absolute atomic E-state index is 9.14. The monoisotopic (exact) mass is 359 g/mol. The van der Waals surface area contributed by atoms with Gasteiger partial charge in [-0.1, -0.05) is 42.0 Å². The molecule has 2 aromatic carbocycles. The molecule has 0 amide bonds. The van der Waals surface area contributed by atoms with Crippen LogP contribution in [0.25, 0.3) is 34.3 Å². The van der Waals surface area contributed by atoms with E-state index in [0.29, 0.717) is 17.3 Å². The number of nitrogens with zero attached hydrogens (tertiary/aromatic N) is 4. The SMILES string of the molecule is Cc1ccc(-c2cnc(N)c(-c3nnc(-c4ccc(CO)cc4)o3)n2)cc1. The van der Waals surface area contributed by atoms with Crippen LogP contribution in [0.15, 0.2) is 59.1 Å². The lowest BCUT2D eigenvalue weighted by molar-refractivity contribution is 0.282. The Labute approximate surface area is 155 Å². The van der Waals surface area contributed by atoms with E-state index in [1.165, 1.54) is 0 Å². The van der Waals surface area contributed by atoms with Gasteiger partial charge in [-0.3, -0.25) is 0 Å². The van der Waals surface area contributed by atoms with Crippen molar-refractivity contribution in [3.63, 3.8) is 0 Å². The molecule has 0 saturated carbocycles. The highest BCUT2D eigenvalue weighted by Gasteiger charge is 2.16. The summed E-state index contributed by atoms with van der Waals surface area (Å²) in [5, 5.41) is 17.3. The summed E-state index contributed by atoms with van der Waals surface area (Å²) >= 11 is 0. The molecule has 134 valence electrons. The first-order valence-electron chi connectivity index (χ1n) is 8.37. The first-order chi connectivity index (χ1) is 13.1. The van der Waals surface area contributed by atoms with Crippen molar-refractivity contribution in [2.24, 2.45) is 0 Å². The molecule has 0 atom stereocenters. The second-order valence-corrected chi connectivity index (χ2v) is 6.12. The molecule has 7 heteroatoms. The fraction of sp³-hybridized carbons (Fsp3) is 0.100. The molecule has 4 aromatic rings. The van der Waals surface area contributed by atoms with Crippen LogP contribution in [-0.2, 0) is 6.61 Å². The topological polar surface area (TPSA) is 111 Å². The minimum Gasteiger partial charge on any atom is -0.414 e. The molecule has 0 saturated heterocycles. The predicted molar refractivity (Wildman–Crippen MR) is 101 cm³/mol. The summed E-state index contributed by atoms with van der Waals surface area (Å²) in [7, 11) is 0. The number of aliphatic hydroxyl groups is 1. The Bertz CT molecular complexity index is 1070. The average molecular weight is 359 g/mol. The molecule has 2 aromatic heterocycles. The zero-order chi connectivity index (χ0) is 18.8. The predicted octanol–water partition coefficient (Wildman–Crippen LogP) is 3.24. The van der Waals surface area contributed by atoms with Gasteiger partial charge in [-0.25, -0.2) is 9.97 Å². The third kappa shape index (κ3) is 3.40. The number of aliphatic hydroxyl groups excluding tert-OH is 1. The normalized spacial score (nSPS) is 10.9. The summed E-state index contributed by atoms with van der Waals surface area (Å²) in [6, 6.07) is 15.2. The van der Waals surface area contributed by atoms with Crippen LogP contribution in [0.5, 0.6) is 0 Å². The lowest BCUT2D eigenvalue weighted by Gasteiger charge is -2.05. The van der Waals surface area contributed by atoms with Crippen molar-refractivity contribution in [2.75, 3.05) is 5.73 Å². The molecule has 3 N–H and O–H groups in total. The second kappa shape index (κ2) is 6.97. The highest BCUT2D eigenvalue weighted by atomic mass is 16.4. The van der Waals surface area contributed by atoms with E-state index in [0.717, 1.165) is 22.3 Å². The third-order valence-electron chi connectivity index (χ3n) is 4.16. The fourth-order valence-corrected chi connectivity index (χ4v) is 2.61. The lowest BCUT2D eigenvalue weighted by Crippen LogP contribution is -1.99. The molecule has 2 heterocycles. The zero-order valence-electron chi connectivity index (χ0n) is 14.6. The molecule has 7 nitrogen and oxygen atoms in total. The molecule has 0 fully saturated rings. The minimum absolute atomic E-state index is 0.0205. The van der Waals surface area contributed by atoms with Crippen LogP contribution in [0.4, 0.5) is 5.82 Å².